The van der Waals surface area contributed by atoms with Crippen molar-refractivity contribution in [2.75, 3.05) is 0 Å². The van der Waals surface area contributed by atoms with E-state index in [0.29, 0.717) is 5.57 Å². The van der Waals surface area contributed by atoms with Gasteiger partial charge in [0.15, 0.2) is 0 Å². The minimum atomic E-state index is -0.837. The lowest BCUT2D eigenvalue weighted by atomic mass is 10.1. The molecule has 0 aromatic rings. The van der Waals surface area contributed by atoms with Crippen molar-refractivity contribution in [1.29, 1.82) is 0 Å². The Kier molecular flexibility index (Phi) is 8.01. The Hall–Kier alpha value is -0.830. The number of carboxylic acid groups (broad SMARTS) is 1. The molecular weight excluding hydrogens is 192 g/mol. The van der Waals surface area contributed by atoms with Gasteiger partial charge in [0, 0.05) is 5.57 Å². The number of hydrogen-bond acceptors (Lipinski definition) is 2. The fraction of sp³-hybridized carbons (Fsp3) is 0.750. The predicted octanol–water partition coefficient (Wildman–Crippen LogP) is 2.74. The minimum Gasteiger partial charge on any atom is -0.478 e. The van der Waals surface area contributed by atoms with Crippen molar-refractivity contribution in [2.45, 2.75) is 58.5 Å². The number of rotatable bonds is 8. The monoisotopic (exact) mass is 214 g/mol. The van der Waals surface area contributed by atoms with Crippen LogP contribution in [0.5, 0.6) is 0 Å². The van der Waals surface area contributed by atoms with Crippen LogP contribution in [0.3, 0.4) is 0 Å². The molecule has 0 aromatic carbocycles. The molecule has 0 aliphatic carbocycles. The summed E-state index contributed by atoms with van der Waals surface area (Å²) in [5.41, 5.74) is 0.420. The van der Waals surface area contributed by atoms with Crippen molar-refractivity contribution in [3.05, 3.63) is 11.6 Å². The van der Waals surface area contributed by atoms with Crippen LogP contribution in [0.4, 0.5) is 0 Å². The van der Waals surface area contributed by atoms with Gasteiger partial charge >= 0.3 is 5.97 Å². The molecule has 0 heterocycles. The zero-order valence-electron chi connectivity index (χ0n) is 9.70. The molecule has 0 saturated heterocycles. The van der Waals surface area contributed by atoms with Crippen molar-refractivity contribution < 1.29 is 15.0 Å². The molecule has 1 unspecified atom stereocenters. The second kappa shape index (κ2) is 8.48. The fourth-order valence-electron chi connectivity index (χ4n) is 1.31. The first kappa shape index (κ1) is 14.2. The van der Waals surface area contributed by atoms with Gasteiger partial charge in [0.1, 0.15) is 0 Å². The summed E-state index contributed by atoms with van der Waals surface area (Å²) in [4.78, 5) is 10.4. The molecule has 3 nitrogen and oxygen atoms in total. The van der Waals surface area contributed by atoms with E-state index in [9.17, 15) is 9.90 Å². The molecule has 0 radical (unpaired) electrons. The molecule has 0 spiro atoms. The van der Waals surface area contributed by atoms with Gasteiger partial charge in [0.2, 0.25) is 0 Å². The second-order valence-electron chi connectivity index (χ2n) is 3.89. The first-order chi connectivity index (χ1) is 7.07. The summed E-state index contributed by atoms with van der Waals surface area (Å²) in [5, 5.41) is 17.9. The molecule has 0 amide bonds. The largest absolute Gasteiger partial charge is 0.478 e. The summed E-state index contributed by atoms with van der Waals surface area (Å²) >= 11 is 0. The zero-order chi connectivity index (χ0) is 11.7. The average Bonchev–Trinajstić information content (AvgIpc) is 2.22. The minimum absolute atomic E-state index is 0.165. The Bertz CT molecular complexity index is 209. The predicted molar refractivity (Wildman–Crippen MR) is 60.8 cm³/mol. The van der Waals surface area contributed by atoms with E-state index in [1.807, 2.05) is 6.92 Å². The average molecular weight is 214 g/mol. The molecule has 0 aliphatic rings. The maximum absolute atomic E-state index is 10.4. The van der Waals surface area contributed by atoms with Gasteiger partial charge in [-0.15, -0.1) is 0 Å². The molecular formula is C12H22O3. The number of unbranched alkanes of at least 4 members (excludes halogenated alkanes) is 3. The lowest BCUT2D eigenvalue weighted by Crippen LogP contribution is -2.03. The van der Waals surface area contributed by atoms with E-state index in [4.69, 9.17) is 5.11 Å². The van der Waals surface area contributed by atoms with Gasteiger partial charge in [-0.3, -0.25) is 0 Å². The van der Waals surface area contributed by atoms with Crippen molar-refractivity contribution >= 4 is 5.97 Å². The van der Waals surface area contributed by atoms with Crippen LogP contribution < -0.4 is 0 Å². The summed E-state index contributed by atoms with van der Waals surface area (Å²) in [5.74, 6) is -0.837. The molecule has 0 aliphatic heterocycles. The summed E-state index contributed by atoms with van der Waals surface area (Å²) in [7, 11) is 0. The fourth-order valence-corrected chi connectivity index (χ4v) is 1.31. The third kappa shape index (κ3) is 8.18. The van der Waals surface area contributed by atoms with Crippen LogP contribution in [-0.4, -0.2) is 22.3 Å². The Morgan fingerprint density at radius 3 is 2.53 bits per heavy atom. The highest BCUT2D eigenvalue weighted by atomic mass is 16.4. The van der Waals surface area contributed by atoms with Crippen LogP contribution in [-0.2, 0) is 4.79 Å². The van der Waals surface area contributed by atoms with Crippen LogP contribution in [0.25, 0.3) is 0 Å². The van der Waals surface area contributed by atoms with E-state index >= 15 is 0 Å². The molecule has 1 atom stereocenters. The number of hydrogen-bond donors (Lipinski definition) is 2. The Morgan fingerprint density at radius 2 is 2.00 bits per heavy atom. The van der Waals surface area contributed by atoms with Gasteiger partial charge < -0.3 is 10.2 Å². The standard InChI is InChI=1S/C12H22O3/c1-3-11(13)9-7-5-4-6-8-10(2)12(14)15/h8,11,13H,3-7,9H2,1-2H3,(H,14,15). The van der Waals surface area contributed by atoms with Gasteiger partial charge in [0.05, 0.1) is 6.10 Å². The van der Waals surface area contributed by atoms with Crippen LogP contribution in [0, 0.1) is 0 Å². The summed E-state index contributed by atoms with van der Waals surface area (Å²) < 4.78 is 0. The van der Waals surface area contributed by atoms with Gasteiger partial charge in [-0.2, -0.15) is 0 Å². The third-order valence-corrected chi connectivity index (χ3v) is 2.50. The quantitative estimate of drug-likeness (QED) is 0.482. The second-order valence-corrected chi connectivity index (χ2v) is 3.89. The molecule has 0 saturated carbocycles. The van der Waals surface area contributed by atoms with Crippen molar-refractivity contribution in [1.82, 2.24) is 0 Å². The summed E-state index contributed by atoms with van der Waals surface area (Å²) in [6.07, 6.45) is 7.17. The van der Waals surface area contributed by atoms with Crippen LogP contribution in [0.1, 0.15) is 52.4 Å². The van der Waals surface area contributed by atoms with E-state index in [0.717, 1.165) is 38.5 Å². The lowest BCUT2D eigenvalue weighted by Gasteiger charge is -2.05. The van der Waals surface area contributed by atoms with E-state index in [1.165, 1.54) is 0 Å². The molecule has 15 heavy (non-hydrogen) atoms. The Labute approximate surface area is 91.8 Å². The van der Waals surface area contributed by atoms with Crippen LogP contribution in [0.15, 0.2) is 11.6 Å². The molecule has 2 N–H and O–H groups in total. The molecule has 0 bridgehead atoms. The Morgan fingerprint density at radius 1 is 1.33 bits per heavy atom. The number of carboxylic acids is 1. The molecule has 88 valence electrons. The lowest BCUT2D eigenvalue weighted by molar-refractivity contribution is -0.132. The Balaban J connectivity index is 3.40. The molecule has 0 rings (SSSR count). The summed E-state index contributed by atoms with van der Waals surface area (Å²) in [6, 6.07) is 0. The normalized spacial score (nSPS) is 13.9. The van der Waals surface area contributed by atoms with E-state index < -0.39 is 5.97 Å². The van der Waals surface area contributed by atoms with Crippen LogP contribution in [0.2, 0.25) is 0 Å². The highest BCUT2D eigenvalue weighted by Gasteiger charge is 2.00. The SMILES string of the molecule is CCC(O)CCCCCC=C(C)C(=O)O. The first-order valence-electron chi connectivity index (χ1n) is 5.66. The van der Waals surface area contributed by atoms with E-state index in [2.05, 4.69) is 0 Å². The van der Waals surface area contributed by atoms with Crippen molar-refractivity contribution in [3.63, 3.8) is 0 Å². The first-order valence-corrected chi connectivity index (χ1v) is 5.66. The van der Waals surface area contributed by atoms with E-state index in [1.54, 1.807) is 13.0 Å². The van der Waals surface area contributed by atoms with Gasteiger partial charge in [-0.25, -0.2) is 4.79 Å². The number of carbonyl (C=O) groups is 1. The molecule has 3 heteroatoms. The number of allylic oxidation sites excluding steroid dienone is 1. The molecule has 0 aromatic heterocycles. The summed E-state index contributed by atoms with van der Waals surface area (Å²) in [6.45, 7) is 3.59. The maximum atomic E-state index is 10.4. The molecule has 0 fully saturated rings. The van der Waals surface area contributed by atoms with Gasteiger partial charge in [-0.1, -0.05) is 25.8 Å². The number of aliphatic hydroxyl groups excluding tert-OH is 1. The smallest absolute Gasteiger partial charge is 0.330 e. The van der Waals surface area contributed by atoms with Gasteiger partial charge in [0.25, 0.3) is 0 Å². The highest BCUT2D eigenvalue weighted by Crippen LogP contribution is 2.09. The topological polar surface area (TPSA) is 57.5 Å². The van der Waals surface area contributed by atoms with Crippen molar-refractivity contribution in [2.24, 2.45) is 0 Å². The maximum Gasteiger partial charge on any atom is 0.330 e. The highest BCUT2D eigenvalue weighted by molar-refractivity contribution is 5.85. The number of aliphatic carboxylic acids is 1. The van der Waals surface area contributed by atoms with Crippen molar-refractivity contribution in [3.8, 4) is 0 Å². The van der Waals surface area contributed by atoms with Crippen LogP contribution >= 0.6 is 0 Å². The zero-order valence-corrected chi connectivity index (χ0v) is 9.70. The van der Waals surface area contributed by atoms with E-state index in [-0.39, 0.29) is 6.10 Å². The third-order valence-electron chi connectivity index (χ3n) is 2.50. The number of aliphatic hydroxyl groups is 1. The van der Waals surface area contributed by atoms with Gasteiger partial charge in [-0.05, 0) is 32.6 Å².